The lowest BCUT2D eigenvalue weighted by Gasteiger charge is -2.41. The highest BCUT2D eigenvalue weighted by Gasteiger charge is 2.51. The lowest BCUT2D eigenvalue weighted by atomic mass is 9.85. The number of phosphoric ester groups is 1. The molecule has 0 aliphatic heterocycles. The van der Waals surface area contributed by atoms with Gasteiger partial charge in [-0.15, -0.1) is 0 Å². The minimum atomic E-state index is -5.14. The van der Waals surface area contributed by atoms with E-state index in [9.17, 15) is 44.6 Å². The maximum absolute atomic E-state index is 12.9. The van der Waals surface area contributed by atoms with Crippen molar-refractivity contribution in [1.29, 1.82) is 0 Å². The zero-order chi connectivity index (χ0) is 52.8. The van der Waals surface area contributed by atoms with Crippen LogP contribution in [0.25, 0.3) is 0 Å². The van der Waals surface area contributed by atoms with Gasteiger partial charge in [0.25, 0.3) is 0 Å². The summed E-state index contributed by atoms with van der Waals surface area (Å²) in [6, 6.07) is 0. The Bertz CT molecular complexity index is 1440. The molecule has 1 rings (SSSR count). The van der Waals surface area contributed by atoms with Gasteiger partial charge in [-0.3, -0.25) is 18.6 Å². The highest BCUT2D eigenvalue weighted by molar-refractivity contribution is 7.47. The molecule has 0 aromatic heterocycles. The number of ether oxygens (including phenoxy) is 2. The van der Waals surface area contributed by atoms with E-state index in [4.69, 9.17) is 18.5 Å². The standard InChI is InChI=1S/C58H105O13P/c1-3-5-7-9-11-13-15-17-19-21-23-25-27-29-31-33-35-37-39-41-43-45-47-52(60)70-50(49-69-72(66,67)71-58-56(64)54(62)53(61)55(63)57(58)65)48-68-51(59)46-44-42-40-38-36-34-32-30-28-26-24-22-20-18-16-14-12-10-8-6-4-2/h20,22,26,28,32,34,38,40,50,53-58,61-65H,3-19,21,23-25,27,29-31,33,35-37,39,41-49H2,1-2H3,(H,66,67)/b22-20+,28-26+,34-32+,40-38+/t50-,53?,54-,55?,56?,57?,58?/m1/s1. The third-order valence-corrected chi connectivity index (χ3v) is 14.4. The van der Waals surface area contributed by atoms with E-state index in [0.29, 0.717) is 19.3 Å². The Kier molecular flexibility index (Phi) is 44.5. The van der Waals surface area contributed by atoms with E-state index in [2.05, 4.69) is 50.3 Å². The van der Waals surface area contributed by atoms with Crippen molar-refractivity contribution in [3.05, 3.63) is 48.6 Å². The van der Waals surface area contributed by atoms with Crippen molar-refractivity contribution in [2.75, 3.05) is 13.2 Å². The monoisotopic (exact) mass is 1040 g/mol. The molecule has 8 atom stereocenters. The van der Waals surface area contributed by atoms with Gasteiger partial charge in [-0.1, -0.05) is 236 Å². The van der Waals surface area contributed by atoms with Crippen molar-refractivity contribution in [2.45, 2.75) is 294 Å². The Balaban J connectivity index is 2.37. The molecule has 6 unspecified atom stereocenters. The van der Waals surface area contributed by atoms with Gasteiger partial charge in [-0.25, -0.2) is 4.57 Å². The summed E-state index contributed by atoms with van der Waals surface area (Å²) in [6.07, 6.45) is 46.0. The second kappa shape index (κ2) is 47.3. The number of esters is 2. The molecule has 1 saturated carbocycles. The SMILES string of the molecule is CCCCCCCCC/C=C/C/C=C/C/C=C/C/C=C/CCCC(=O)OC[C@H](COP(=O)(O)OC1C(O)C(O)C(O)[C@@H](O)C1O)OC(=O)CCCCCCCCCCCCCCCCCCCCCCCC. The van der Waals surface area contributed by atoms with E-state index in [1.165, 1.54) is 154 Å². The van der Waals surface area contributed by atoms with E-state index in [1.807, 2.05) is 12.2 Å². The van der Waals surface area contributed by atoms with Crippen LogP contribution in [0.1, 0.15) is 251 Å². The molecule has 420 valence electrons. The van der Waals surface area contributed by atoms with Gasteiger partial charge in [-0.05, 0) is 51.4 Å². The molecule has 0 saturated heterocycles. The minimum absolute atomic E-state index is 0.0880. The topological polar surface area (TPSA) is 210 Å². The number of phosphoric acid groups is 1. The predicted octanol–water partition coefficient (Wildman–Crippen LogP) is 13.5. The van der Waals surface area contributed by atoms with E-state index in [1.54, 1.807) is 0 Å². The van der Waals surface area contributed by atoms with Gasteiger partial charge in [0, 0.05) is 12.8 Å². The second-order valence-corrected chi connectivity index (χ2v) is 21.6. The first-order valence-corrected chi connectivity index (χ1v) is 30.4. The number of carbonyl (C=O) groups is 2. The average Bonchev–Trinajstić information content (AvgIpc) is 3.36. The number of hydrogen-bond donors (Lipinski definition) is 6. The van der Waals surface area contributed by atoms with Crippen molar-refractivity contribution < 1.29 is 63.1 Å². The summed E-state index contributed by atoms with van der Waals surface area (Å²) < 4.78 is 33.7. The zero-order valence-electron chi connectivity index (χ0n) is 45.2. The smallest absolute Gasteiger partial charge is 0.462 e. The Morgan fingerprint density at radius 3 is 1.18 bits per heavy atom. The normalized spacial score (nSPS) is 20.8. The molecule has 0 radical (unpaired) electrons. The Hall–Kier alpha value is -2.19. The molecule has 0 bridgehead atoms. The summed E-state index contributed by atoms with van der Waals surface area (Å²) in [5, 5.41) is 50.4. The zero-order valence-corrected chi connectivity index (χ0v) is 46.1. The fraction of sp³-hybridized carbons (Fsp3) is 0.828. The average molecular weight is 1040 g/mol. The van der Waals surface area contributed by atoms with E-state index >= 15 is 0 Å². The van der Waals surface area contributed by atoms with E-state index < -0.39 is 75.7 Å². The van der Waals surface area contributed by atoms with Gasteiger partial charge < -0.3 is 39.9 Å². The van der Waals surface area contributed by atoms with Crippen LogP contribution >= 0.6 is 7.82 Å². The number of aliphatic hydroxyl groups excluding tert-OH is 5. The Morgan fingerprint density at radius 2 is 0.764 bits per heavy atom. The molecular weight excluding hydrogens is 936 g/mol. The van der Waals surface area contributed by atoms with Crippen LogP contribution in [0.5, 0.6) is 0 Å². The molecule has 0 aromatic rings. The summed E-state index contributed by atoms with van der Waals surface area (Å²) in [7, 11) is -5.14. The largest absolute Gasteiger partial charge is 0.472 e. The molecule has 0 spiro atoms. The van der Waals surface area contributed by atoms with Crippen LogP contribution in [0, 0.1) is 0 Å². The van der Waals surface area contributed by atoms with Crippen molar-refractivity contribution in [3.8, 4) is 0 Å². The van der Waals surface area contributed by atoms with Crippen LogP contribution in [0.15, 0.2) is 48.6 Å². The van der Waals surface area contributed by atoms with Crippen LogP contribution < -0.4 is 0 Å². The molecule has 72 heavy (non-hydrogen) atoms. The lowest BCUT2D eigenvalue weighted by Crippen LogP contribution is -2.64. The quantitative estimate of drug-likeness (QED) is 0.0145. The summed E-state index contributed by atoms with van der Waals surface area (Å²) in [4.78, 5) is 35.9. The number of allylic oxidation sites excluding steroid dienone is 8. The van der Waals surface area contributed by atoms with Crippen molar-refractivity contribution in [3.63, 3.8) is 0 Å². The van der Waals surface area contributed by atoms with E-state index in [0.717, 1.165) is 51.4 Å². The number of hydrogen-bond acceptors (Lipinski definition) is 12. The van der Waals surface area contributed by atoms with E-state index in [-0.39, 0.29) is 12.8 Å². The highest BCUT2D eigenvalue weighted by Crippen LogP contribution is 2.47. The molecule has 1 aliphatic carbocycles. The first-order chi connectivity index (χ1) is 34.9. The van der Waals surface area contributed by atoms with Crippen molar-refractivity contribution >= 4 is 19.8 Å². The van der Waals surface area contributed by atoms with Crippen LogP contribution in [0.3, 0.4) is 0 Å². The first kappa shape index (κ1) is 67.8. The second-order valence-electron chi connectivity index (χ2n) is 20.2. The number of rotatable bonds is 49. The fourth-order valence-electron chi connectivity index (χ4n) is 8.81. The highest BCUT2D eigenvalue weighted by atomic mass is 31.2. The maximum Gasteiger partial charge on any atom is 0.472 e. The van der Waals surface area contributed by atoms with Crippen molar-refractivity contribution in [2.24, 2.45) is 0 Å². The van der Waals surface area contributed by atoms with Crippen LogP contribution in [0.4, 0.5) is 0 Å². The first-order valence-electron chi connectivity index (χ1n) is 28.9. The minimum Gasteiger partial charge on any atom is -0.462 e. The molecule has 14 heteroatoms. The fourth-order valence-corrected chi connectivity index (χ4v) is 9.79. The third-order valence-electron chi connectivity index (χ3n) is 13.4. The van der Waals surface area contributed by atoms with Gasteiger partial charge in [0.1, 0.15) is 43.2 Å². The molecular formula is C58H105O13P. The van der Waals surface area contributed by atoms with Gasteiger partial charge >= 0.3 is 19.8 Å². The Labute approximate surface area is 437 Å². The molecule has 13 nitrogen and oxygen atoms in total. The summed E-state index contributed by atoms with van der Waals surface area (Å²) in [5.41, 5.74) is 0. The summed E-state index contributed by atoms with van der Waals surface area (Å²) in [6.45, 7) is 3.30. The third kappa shape index (κ3) is 38.4. The maximum atomic E-state index is 12.9. The number of aliphatic hydroxyl groups is 5. The van der Waals surface area contributed by atoms with Crippen LogP contribution in [-0.2, 0) is 32.7 Å². The van der Waals surface area contributed by atoms with Crippen LogP contribution in [-0.4, -0.2) is 98.3 Å². The van der Waals surface area contributed by atoms with Crippen molar-refractivity contribution in [1.82, 2.24) is 0 Å². The number of carbonyl (C=O) groups excluding carboxylic acids is 2. The Morgan fingerprint density at radius 1 is 0.431 bits per heavy atom. The molecule has 0 heterocycles. The molecule has 1 aliphatic rings. The van der Waals surface area contributed by atoms with Gasteiger partial charge in [0.15, 0.2) is 6.10 Å². The summed E-state index contributed by atoms with van der Waals surface area (Å²) in [5.74, 6) is -1.15. The van der Waals surface area contributed by atoms with Crippen LogP contribution in [0.2, 0.25) is 0 Å². The summed E-state index contributed by atoms with van der Waals surface area (Å²) >= 11 is 0. The lowest BCUT2D eigenvalue weighted by molar-refractivity contribution is -0.220. The van der Waals surface area contributed by atoms with Gasteiger partial charge in [0.2, 0.25) is 0 Å². The van der Waals surface area contributed by atoms with Gasteiger partial charge in [-0.2, -0.15) is 0 Å². The predicted molar refractivity (Wildman–Crippen MR) is 290 cm³/mol. The van der Waals surface area contributed by atoms with Gasteiger partial charge in [0.05, 0.1) is 6.61 Å². The molecule has 6 N–H and O–H groups in total. The molecule has 1 fully saturated rings. The molecule has 0 aromatic carbocycles. The number of unbranched alkanes of at least 4 members (excludes halogenated alkanes) is 29. The molecule has 0 amide bonds.